The molecule has 4 rings (SSSR count). The highest BCUT2D eigenvalue weighted by Crippen LogP contribution is 2.22. The van der Waals surface area contributed by atoms with E-state index in [4.69, 9.17) is 9.26 Å². The summed E-state index contributed by atoms with van der Waals surface area (Å²) in [5.41, 5.74) is 2.17. The van der Waals surface area contributed by atoms with Crippen molar-refractivity contribution in [2.75, 3.05) is 26.2 Å². The second-order valence-corrected chi connectivity index (χ2v) is 7.19. The monoisotopic (exact) mass is 356 g/mol. The van der Waals surface area contributed by atoms with Gasteiger partial charge >= 0.3 is 5.97 Å². The van der Waals surface area contributed by atoms with Crippen LogP contribution in [-0.2, 0) is 16.1 Å². The molecule has 0 saturated carbocycles. The molecular formula is C19H24N4O3. The van der Waals surface area contributed by atoms with Crippen molar-refractivity contribution < 1.29 is 14.1 Å². The number of nitrogens with zero attached hydrogens (tertiary/aromatic N) is 4. The van der Waals surface area contributed by atoms with Crippen LogP contribution in [0.2, 0.25) is 0 Å². The number of esters is 1. The normalized spacial score (nSPS) is 24.8. The van der Waals surface area contributed by atoms with Crippen LogP contribution in [0.3, 0.4) is 0 Å². The predicted molar refractivity (Wildman–Crippen MR) is 95.3 cm³/mol. The summed E-state index contributed by atoms with van der Waals surface area (Å²) in [5.74, 6) is 1.18. The maximum atomic E-state index is 11.9. The van der Waals surface area contributed by atoms with Crippen molar-refractivity contribution in [2.45, 2.75) is 39.0 Å². The summed E-state index contributed by atoms with van der Waals surface area (Å²) < 4.78 is 10.7. The molecule has 0 amide bonds. The number of hydrogen-bond donors (Lipinski definition) is 0. The molecule has 2 saturated heterocycles. The van der Waals surface area contributed by atoms with Crippen molar-refractivity contribution in [1.29, 1.82) is 0 Å². The molecule has 2 unspecified atom stereocenters. The zero-order valence-corrected chi connectivity index (χ0v) is 15.2. The molecule has 26 heavy (non-hydrogen) atoms. The predicted octanol–water partition coefficient (Wildman–Crippen LogP) is 1.87. The Balaban J connectivity index is 1.32. The summed E-state index contributed by atoms with van der Waals surface area (Å²) in [6, 6.07) is 8.01. The molecule has 7 heteroatoms. The number of rotatable bonds is 4. The number of cyclic esters (lactones) is 1. The number of carbonyl (C=O) groups is 1. The minimum atomic E-state index is -0.0799. The molecule has 0 radical (unpaired) electrons. The van der Waals surface area contributed by atoms with Crippen LogP contribution in [0, 0.1) is 6.92 Å². The Labute approximate surface area is 152 Å². The first kappa shape index (κ1) is 17.2. The van der Waals surface area contributed by atoms with Crippen molar-refractivity contribution in [3.63, 3.8) is 0 Å². The van der Waals surface area contributed by atoms with Crippen LogP contribution in [0.5, 0.6) is 0 Å². The van der Waals surface area contributed by atoms with Crippen LogP contribution in [0.1, 0.15) is 24.8 Å². The summed E-state index contributed by atoms with van der Waals surface area (Å²) in [6.45, 7) is 8.10. The number of ether oxygens (including phenoxy) is 1. The van der Waals surface area contributed by atoms with Crippen LogP contribution >= 0.6 is 0 Å². The third-order valence-corrected chi connectivity index (χ3v) is 5.13. The van der Waals surface area contributed by atoms with Gasteiger partial charge in [0.15, 0.2) is 0 Å². The van der Waals surface area contributed by atoms with E-state index in [-0.39, 0.29) is 18.1 Å². The lowest BCUT2D eigenvalue weighted by Gasteiger charge is -2.35. The largest absolute Gasteiger partial charge is 0.461 e. The van der Waals surface area contributed by atoms with E-state index in [1.807, 2.05) is 31.2 Å². The smallest absolute Gasteiger partial charge is 0.323 e. The van der Waals surface area contributed by atoms with Gasteiger partial charge in [0.05, 0.1) is 6.54 Å². The van der Waals surface area contributed by atoms with Gasteiger partial charge in [0, 0.05) is 38.2 Å². The van der Waals surface area contributed by atoms with Gasteiger partial charge in [-0.05, 0) is 13.8 Å². The van der Waals surface area contributed by atoms with Gasteiger partial charge in [0.1, 0.15) is 12.1 Å². The second-order valence-electron chi connectivity index (χ2n) is 7.19. The topological polar surface area (TPSA) is 71.7 Å². The van der Waals surface area contributed by atoms with E-state index < -0.39 is 0 Å². The van der Waals surface area contributed by atoms with E-state index in [0.717, 1.165) is 38.2 Å². The first-order valence-corrected chi connectivity index (χ1v) is 9.15. The Bertz CT molecular complexity index is 765. The molecule has 2 atom stereocenters. The Morgan fingerprint density at radius 1 is 1.15 bits per heavy atom. The zero-order valence-electron chi connectivity index (χ0n) is 15.2. The Morgan fingerprint density at radius 2 is 1.88 bits per heavy atom. The Morgan fingerprint density at radius 3 is 2.54 bits per heavy atom. The number of aromatic nitrogens is 2. The molecule has 138 valence electrons. The molecule has 0 N–H and O–H groups in total. The van der Waals surface area contributed by atoms with Gasteiger partial charge in [0.25, 0.3) is 0 Å². The number of carbonyl (C=O) groups excluding carboxylic acids is 1. The fraction of sp³-hybridized carbons (Fsp3) is 0.526. The molecule has 0 bridgehead atoms. The van der Waals surface area contributed by atoms with Gasteiger partial charge in [-0.25, -0.2) is 0 Å². The second kappa shape index (κ2) is 7.17. The molecule has 1 aromatic carbocycles. The highest BCUT2D eigenvalue weighted by molar-refractivity contribution is 5.78. The maximum absolute atomic E-state index is 11.9. The summed E-state index contributed by atoms with van der Waals surface area (Å²) >= 11 is 0. The lowest BCUT2D eigenvalue weighted by Crippen LogP contribution is -2.51. The molecule has 3 heterocycles. The van der Waals surface area contributed by atoms with Gasteiger partial charge in [-0.3, -0.25) is 14.6 Å². The van der Waals surface area contributed by atoms with E-state index in [1.165, 1.54) is 5.56 Å². The molecule has 2 aliphatic heterocycles. The fourth-order valence-corrected chi connectivity index (χ4v) is 3.60. The van der Waals surface area contributed by atoms with Crippen molar-refractivity contribution in [3.8, 4) is 11.4 Å². The summed E-state index contributed by atoms with van der Waals surface area (Å²) in [7, 11) is 0. The lowest BCUT2D eigenvalue weighted by atomic mass is 10.1. The highest BCUT2D eigenvalue weighted by atomic mass is 16.6. The fourth-order valence-electron chi connectivity index (χ4n) is 3.60. The summed E-state index contributed by atoms with van der Waals surface area (Å²) in [5, 5.41) is 4.09. The van der Waals surface area contributed by atoms with Crippen LogP contribution in [-0.4, -0.2) is 64.2 Å². The first-order valence-electron chi connectivity index (χ1n) is 9.15. The average Bonchev–Trinajstić information content (AvgIpc) is 3.22. The van der Waals surface area contributed by atoms with Crippen molar-refractivity contribution in [2.24, 2.45) is 0 Å². The van der Waals surface area contributed by atoms with Gasteiger partial charge in [-0.2, -0.15) is 4.98 Å². The molecule has 0 aliphatic carbocycles. The minimum absolute atomic E-state index is 0.0316. The third-order valence-electron chi connectivity index (χ3n) is 5.13. The first-order chi connectivity index (χ1) is 12.6. The van der Waals surface area contributed by atoms with Crippen molar-refractivity contribution in [3.05, 3.63) is 35.7 Å². The standard InChI is InChI=1S/C19H24N4O3/c1-13-3-5-15(6-4-13)18-20-17(26-21-18)12-22-7-9-23(10-8-22)16-11-14(2)25-19(16)24/h3-6,14,16H,7-12H2,1-2H3. The van der Waals surface area contributed by atoms with Gasteiger partial charge in [0.2, 0.25) is 11.7 Å². The van der Waals surface area contributed by atoms with Gasteiger partial charge in [-0.1, -0.05) is 35.0 Å². The van der Waals surface area contributed by atoms with E-state index >= 15 is 0 Å². The number of aryl methyl sites for hydroxylation is 1. The SMILES string of the molecule is Cc1ccc(-c2noc(CN3CCN(C4CC(C)OC4=O)CC3)n2)cc1. The Kier molecular flexibility index (Phi) is 4.74. The highest BCUT2D eigenvalue weighted by Gasteiger charge is 2.37. The van der Waals surface area contributed by atoms with Crippen molar-refractivity contribution >= 4 is 5.97 Å². The van der Waals surface area contributed by atoms with Crippen LogP contribution < -0.4 is 0 Å². The van der Waals surface area contributed by atoms with Crippen LogP contribution in [0.25, 0.3) is 11.4 Å². The van der Waals surface area contributed by atoms with Gasteiger partial charge < -0.3 is 9.26 Å². The summed E-state index contributed by atoms with van der Waals surface area (Å²) in [6.07, 6.45) is 0.826. The van der Waals surface area contributed by atoms with E-state index in [9.17, 15) is 4.79 Å². The molecule has 2 fully saturated rings. The van der Waals surface area contributed by atoms with E-state index in [2.05, 4.69) is 26.9 Å². The molecule has 1 aromatic heterocycles. The van der Waals surface area contributed by atoms with E-state index in [0.29, 0.717) is 18.3 Å². The Hall–Kier alpha value is -2.25. The minimum Gasteiger partial charge on any atom is -0.461 e. The zero-order chi connectivity index (χ0) is 18.1. The third kappa shape index (κ3) is 3.64. The molecule has 2 aliphatic rings. The van der Waals surface area contributed by atoms with E-state index in [1.54, 1.807) is 0 Å². The number of hydrogen-bond acceptors (Lipinski definition) is 7. The van der Waals surface area contributed by atoms with Crippen molar-refractivity contribution in [1.82, 2.24) is 19.9 Å². The quantitative estimate of drug-likeness (QED) is 0.774. The summed E-state index contributed by atoms with van der Waals surface area (Å²) in [4.78, 5) is 20.9. The number of benzene rings is 1. The van der Waals surface area contributed by atoms with Crippen LogP contribution in [0.4, 0.5) is 0 Å². The number of piperazine rings is 1. The molecule has 0 spiro atoms. The lowest BCUT2D eigenvalue weighted by molar-refractivity contribution is -0.145. The van der Waals surface area contributed by atoms with Crippen LogP contribution in [0.15, 0.2) is 28.8 Å². The molecule has 2 aromatic rings. The maximum Gasteiger partial charge on any atom is 0.323 e. The average molecular weight is 356 g/mol. The molecule has 7 nitrogen and oxygen atoms in total. The van der Waals surface area contributed by atoms with Gasteiger partial charge in [-0.15, -0.1) is 0 Å². The molecular weight excluding hydrogens is 332 g/mol.